The van der Waals surface area contributed by atoms with Gasteiger partial charge >= 0.3 is 0 Å². The second kappa shape index (κ2) is 7.40. The standard InChI is InChI=1S/C21H20N2O3S/c1-3-23(12-15-9-10-17-18(11-15)26-13-25-17)21(24)20-19(22-14(2)27-20)16-7-5-4-6-8-16/h4-11H,3,12-13H2,1-2H3. The lowest BCUT2D eigenvalue weighted by Gasteiger charge is -2.21. The van der Waals surface area contributed by atoms with Crippen molar-refractivity contribution in [1.82, 2.24) is 9.88 Å². The van der Waals surface area contributed by atoms with Crippen molar-refractivity contribution in [3.05, 3.63) is 64.0 Å². The van der Waals surface area contributed by atoms with Crippen LogP contribution in [0.2, 0.25) is 0 Å². The van der Waals surface area contributed by atoms with Crippen LogP contribution in [0.3, 0.4) is 0 Å². The van der Waals surface area contributed by atoms with Crippen LogP contribution in [-0.2, 0) is 6.54 Å². The number of rotatable bonds is 5. The molecule has 0 unspecified atom stereocenters. The van der Waals surface area contributed by atoms with E-state index in [1.165, 1.54) is 11.3 Å². The fraction of sp³-hybridized carbons (Fsp3) is 0.238. The molecule has 0 bridgehead atoms. The largest absolute Gasteiger partial charge is 0.454 e. The Hall–Kier alpha value is -2.86. The molecule has 0 saturated carbocycles. The van der Waals surface area contributed by atoms with E-state index in [2.05, 4.69) is 4.98 Å². The summed E-state index contributed by atoms with van der Waals surface area (Å²) < 4.78 is 10.8. The Balaban J connectivity index is 1.61. The highest BCUT2D eigenvalue weighted by Gasteiger charge is 2.23. The molecule has 0 aliphatic carbocycles. The van der Waals surface area contributed by atoms with E-state index in [4.69, 9.17) is 9.47 Å². The van der Waals surface area contributed by atoms with E-state index in [1.807, 2.05) is 67.3 Å². The molecule has 27 heavy (non-hydrogen) atoms. The van der Waals surface area contributed by atoms with Crippen molar-refractivity contribution < 1.29 is 14.3 Å². The monoisotopic (exact) mass is 380 g/mol. The minimum atomic E-state index is -0.000352. The number of benzene rings is 2. The van der Waals surface area contributed by atoms with Gasteiger partial charge in [0, 0.05) is 18.7 Å². The topological polar surface area (TPSA) is 51.7 Å². The number of ether oxygens (including phenoxy) is 2. The smallest absolute Gasteiger partial charge is 0.266 e. The minimum absolute atomic E-state index is 0.000352. The fourth-order valence-electron chi connectivity index (χ4n) is 3.09. The summed E-state index contributed by atoms with van der Waals surface area (Å²) in [5, 5.41) is 0.885. The average molecular weight is 380 g/mol. The van der Waals surface area contributed by atoms with Crippen LogP contribution < -0.4 is 9.47 Å². The Labute approximate surface area is 162 Å². The number of carbonyl (C=O) groups is 1. The van der Waals surface area contributed by atoms with E-state index < -0.39 is 0 Å². The van der Waals surface area contributed by atoms with Gasteiger partial charge in [0.2, 0.25) is 6.79 Å². The maximum atomic E-state index is 13.3. The second-order valence-corrected chi connectivity index (χ2v) is 7.49. The summed E-state index contributed by atoms with van der Waals surface area (Å²) in [7, 11) is 0. The van der Waals surface area contributed by atoms with Crippen molar-refractivity contribution in [2.24, 2.45) is 0 Å². The van der Waals surface area contributed by atoms with E-state index >= 15 is 0 Å². The molecule has 138 valence electrons. The van der Waals surface area contributed by atoms with E-state index in [0.717, 1.165) is 33.3 Å². The number of thiazole rings is 1. The molecule has 5 nitrogen and oxygen atoms in total. The number of hydrogen-bond acceptors (Lipinski definition) is 5. The number of fused-ring (bicyclic) bond motifs is 1. The molecule has 3 aromatic rings. The molecule has 0 radical (unpaired) electrons. The van der Waals surface area contributed by atoms with Gasteiger partial charge < -0.3 is 14.4 Å². The number of hydrogen-bond donors (Lipinski definition) is 0. The van der Waals surface area contributed by atoms with E-state index in [9.17, 15) is 4.79 Å². The SMILES string of the molecule is CCN(Cc1ccc2c(c1)OCO2)C(=O)c1sc(C)nc1-c1ccccc1. The molecule has 0 atom stereocenters. The Morgan fingerprint density at radius 1 is 1.15 bits per heavy atom. The summed E-state index contributed by atoms with van der Waals surface area (Å²) >= 11 is 1.44. The van der Waals surface area contributed by atoms with Gasteiger partial charge in [0.15, 0.2) is 11.5 Å². The maximum Gasteiger partial charge on any atom is 0.266 e. The number of carbonyl (C=O) groups excluding carboxylic acids is 1. The van der Waals surface area contributed by atoms with Crippen molar-refractivity contribution in [2.75, 3.05) is 13.3 Å². The van der Waals surface area contributed by atoms with Gasteiger partial charge in [0.25, 0.3) is 5.91 Å². The molecule has 4 rings (SSSR count). The molecule has 2 heterocycles. The van der Waals surface area contributed by atoms with Gasteiger partial charge in [-0.1, -0.05) is 36.4 Å². The van der Waals surface area contributed by atoms with Crippen LogP contribution >= 0.6 is 11.3 Å². The van der Waals surface area contributed by atoms with Crippen molar-refractivity contribution in [2.45, 2.75) is 20.4 Å². The van der Waals surface area contributed by atoms with Gasteiger partial charge in [0.1, 0.15) is 4.88 Å². The van der Waals surface area contributed by atoms with Crippen LogP contribution in [-0.4, -0.2) is 29.1 Å². The highest BCUT2D eigenvalue weighted by atomic mass is 32.1. The van der Waals surface area contributed by atoms with Crippen molar-refractivity contribution in [3.63, 3.8) is 0 Å². The Morgan fingerprint density at radius 2 is 1.93 bits per heavy atom. The molecule has 1 aromatic heterocycles. The first-order valence-corrected chi connectivity index (χ1v) is 9.68. The third-order valence-electron chi connectivity index (χ3n) is 4.45. The Morgan fingerprint density at radius 3 is 2.70 bits per heavy atom. The van der Waals surface area contributed by atoms with Crippen LogP contribution in [0.25, 0.3) is 11.3 Å². The predicted molar refractivity (Wildman–Crippen MR) is 105 cm³/mol. The third kappa shape index (κ3) is 3.53. The summed E-state index contributed by atoms with van der Waals surface area (Å²) in [6.45, 7) is 5.29. The molecule has 1 amide bonds. The minimum Gasteiger partial charge on any atom is -0.454 e. The summed E-state index contributed by atoms with van der Waals surface area (Å²) in [4.78, 5) is 20.4. The summed E-state index contributed by atoms with van der Waals surface area (Å²) in [5.74, 6) is 1.48. The lowest BCUT2D eigenvalue weighted by molar-refractivity contribution is 0.0758. The highest BCUT2D eigenvalue weighted by Crippen LogP contribution is 2.33. The van der Waals surface area contributed by atoms with Gasteiger partial charge in [-0.3, -0.25) is 4.79 Å². The van der Waals surface area contributed by atoms with Gasteiger partial charge in [-0.05, 0) is 31.5 Å². The molecule has 0 spiro atoms. The van der Waals surface area contributed by atoms with Crippen LogP contribution in [0.4, 0.5) is 0 Å². The predicted octanol–water partition coefficient (Wildman–Crippen LogP) is 4.51. The summed E-state index contributed by atoms with van der Waals surface area (Å²) in [6, 6.07) is 15.7. The molecule has 1 aliphatic heterocycles. The zero-order valence-electron chi connectivity index (χ0n) is 15.3. The maximum absolute atomic E-state index is 13.3. The van der Waals surface area contributed by atoms with Gasteiger partial charge in [-0.2, -0.15) is 0 Å². The quantitative estimate of drug-likeness (QED) is 0.653. The molecule has 0 saturated heterocycles. The van der Waals surface area contributed by atoms with Gasteiger partial charge in [-0.15, -0.1) is 11.3 Å². The second-order valence-electron chi connectivity index (χ2n) is 6.28. The Bertz CT molecular complexity index is 969. The van der Waals surface area contributed by atoms with E-state index in [1.54, 1.807) is 0 Å². The van der Waals surface area contributed by atoms with E-state index in [-0.39, 0.29) is 12.7 Å². The zero-order valence-corrected chi connectivity index (χ0v) is 16.1. The van der Waals surface area contributed by atoms with Crippen LogP contribution in [0.1, 0.15) is 27.2 Å². The number of nitrogens with zero attached hydrogens (tertiary/aromatic N) is 2. The first-order chi connectivity index (χ1) is 13.2. The molecule has 0 N–H and O–H groups in total. The van der Waals surface area contributed by atoms with Crippen molar-refractivity contribution >= 4 is 17.2 Å². The van der Waals surface area contributed by atoms with Gasteiger partial charge in [-0.25, -0.2) is 4.98 Å². The van der Waals surface area contributed by atoms with E-state index in [0.29, 0.717) is 18.0 Å². The van der Waals surface area contributed by atoms with Gasteiger partial charge in [0.05, 0.1) is 10.7 Å². The molecular weight excluding hydrogens is 360 g/mol. The van der Waals surface area contributed by atoms with Crippen LogP contribution in [0.15, 0.2) is 48.5 Å². The van der Waals surface area contributed by atoms with Crippen molar-refractivity contribution in [1.29, 1.82) is 0 Å². The molecule has 1 aliphatic rings. The molecule has 0 fully saturated rings. The zero-order chi connectivity index (χ0) is 18.8. The number of aromatic nitrogens is 1. The number of aryl methyl sites for hydroxylation is 1. The summed E-state index contributed by atoms with van der Waals surface area (Å²) in [5.41, 5.74) is 2.73. The van der Waals surface area contributed by atoms with Crippen LogP contribution in [0, 0.1) is 6.92 Å². The highest BCUT2D eigenvalue weighted by molar-refractivity contribution is 7.14. The van der Waals surface area contributed by atoms with Crippen molar-refractivity contribution in [3.8, 4) is 22.8 Å². The molecular formula is C21H20N2O3S. The first-order valence-electron chi connectivity index (χ1n) is 8.86. The lowest BCUT2D eigenvalue weighted by atomic mass is 10.1. The summed E-state index contributed by atoms with van der Waals surface area (Å²) in [6.07, 6.45) is 0. The van der Waals surface area contributed by atoms with Crippen LogP contribution in [0.5, 0.6) is 11.5 Å². The lowest BCUT2D eigenvalue weighted by Crippen LogP contribution is -2.30. The third-order valence-corrected chi connectivity index (χ3v) is 5.41. The number of amides is 1. The fourth-order valence-corrected chi connectivity index (χ4v) is 4.00. The molecule has 2 aromatic carbocycles. The normalized spacial score (nSPS) is 12.2. The first kappa shape index (κ1) is 17.5. The molecule has 6 heteroatoms. The average Bonchev–Trinajstić information content (AvgIpc) is 3.32. The Kier molecular flexibility index (Phi) is 4.81.